The summed E-state index contributed by atoms with van der Waals surface area (Å²) in [6.45, 7) is 0. The fourth-order valence-electron chi connectivity index (χ4n) is 2.87. The molecule has 0 spiro atoms. The molecule has 0 N–H and O–H groups in total. The normalized spacial score (nSPS) is 11.4. The first-order chi connectivity index (χ1) is 10.7. The largest absolute Gasteiger partial charge is 0.309 e. The Morgan fingerprint density at radius 2 is 1.32 bits per heavy atom. The Balaban J connectivity index is 2.17. The van der Waals surface area contributed by atoms with Crippen molar-refractivity contribution < 1.29 is 8.78 Å². The summed E-state index contributed by atoms with van der Waals surface area (Å²) in [5.74, 6) is -1.98. The van der Waals surface area contributed by atoms with E-state index in [4.69, 9.17) is 11.6 Å². The SMILES string of the molecule is Fc1cc(-n2c3ccccc3c3ccccc32)cc(Cl)c1F. The fraction of sp³-hybridized carbons (Fsp3) is 0. The van der Waals surface area contributed by atoms with Crippen molar-refractivity contribution in [3.8, 4) is 5.69 Å². The van der Waals surface area contributed by atoms with Crippen molar-refractivity contribution in [1.29, 1.82) is 0 Å². The zero-order chi connectivity index (χ0) is 15.3. The molecule has 0 aliphatic heterocycles. The van der Waals surface area contributed by atoms with Crippen LogP contribution >= 0.6 is 11.6 Å². The van der Waals surface area contributed by atoms with Gasteiger partial charge in [-0.15, -0.1) is 0 Å². The number of nitrogens with zero attached hydrogens (tertiary/aromatic N) is 1. The Morgan fingerprint density at radius 3 is 1.86 bits per heavy atom. The molecule has 3 aromatic carbocycles. The van der Waals surface area contributed by atoms with Crippen LogP contribution in [0.2, 0.25) is 5.02 Å². The molecule has 0 amide bonds. The van der Waals surface area contributed by atoms with Crippen molar-refractivity contribution in [3.63, 3.8) is 0 Å². The third kappa shape index (κ3) is 1.82. The average molecular weight is 314 g/mol. The summed E-state index contributed by atoms with van der Waals surface area (Å²) in [6.07, 6.45) is 0. The van der Waals surface area contributed by atoms with Gasteiger partial charge >= 0.3 is 0 Å². The Morgan fingerprint density at radius 1 is 0.773 bits per heavy atom. The Bertz CT molecular complexity index is 944. The van der Waals surface area contributed by atoms with E-state index in [-0.39, 0.29) is 5.02 Å². The lowest BCUT2D eigenvalue weighted by molar-refractivity contribution is 0.508. The van der Waals surface area contributed by atoms with Crippen LogP contribution in [0.4, 0.5) is 8.78 Å². The smallest absolute Gasteiger partial charge is 0.177 e. The first-order valence-electron chi connectivity index (χ1n) is 6.80. The third-order valence-electron chi connectivity index (χ3n) is 3.81. The number of para-hydroxylation sites is 2. The standard InChI is InChI=1S/C18H10ClF2N/c19-14-9-11(10-15(20)18(14)21)22-16-7-3-1-5-12(16)13-6-2-4-8-17(13)22/h1-10H. The highest BCUT2D eigenvalue weighted by molar-refractivity contribution is 6.31. The van der Waals surface area contributed by atoms with Crippen molar-refractivity contribution in [1.82, 2.24) is 4.57 Å². The maximum atomic E-state index is 13.8. The molecule has 0 atom stereocenters. The molecule has 0 aliphatic rings. The van der Waals surface area contributed by atoms with Gasteiger partial charge in [0, 0.05) is 16.8 Å². The van der Waals surface area contributed by atoms with Crippen molar-refractivity contribution >= 4 is 33.4 Å². The van der Waals surface area contributed by atoms with Gasteiger partial charge in [-0.2, -0.15) is 0 Å². The molecule has 0 saturated carbocycles. The number of fused-ring (bicyclic) bond motifs is 3. The van der Waals surface area contributed by atoms with Crippen LogP contribution in [0.5, 0.6) is 0 Å². The van der Waals surface area contributed by atoms with Gasteiger partial charge in [-0.1, -0.05) is 48.0 Å². The second kappa shape index (κ2) is 4.82. The van der Waals surface area contributed by atoms with Crippen LogP contribution in [0.3, 0.4) is 0 Å². The zero-order valence-electron chi connectivity index (χ0n) is 11.4. The van der Waals surface area contributed by atoms with Crippen molar-refractivity contribution in [2.24, 2.45) is 0 Å². The molecule has 4 aromatic rings. The zero-order valence-corrected chi connectivity index (χ0v) is 12.1. The second-order valence-electron chi connectivity index (χ2n) is 5.09. The van der Waals surface area contributed by atoms with Gasteiger partial charge in [-0.3, -0.25) is 0 Å². The minimum absolute atomic E-state index is 0.225. The highest BCUT2D eigenvalue weighted by Gasteiger charge is 2.15. The number of hydrogen-bond donors (Lipinski definition) is 0. The van der Waals surface area contributed by atoms with Crippen LogP contribution in [0.1, 0.15) is 0 Å². The van der Waals surface area contributed by atoms with Crippen LogP contribution in [-0.2, 0) is 0 Å². The molecule has 1 aromatic heterocycles. The van der Waals surface area contributed by atoms with Gasteiger partial charge in [0.15, 0.2) is 11.6 Å². The molecule has 0 aliphatic carbocycles. The van der Waals surface area contributed by atoms with E-state index in [0.717, 1.165) is 21.8 Å². The van der Waals surface area contributed by atoms with E-state index in [9.17, 15) is 8.78 Å². The Labute approximate surface area is 130 Å². The lowest BCUT2D eigenvalue weighted by Gasteiger charge is -2.09. The lowest BCUT2D eigenvalue weighted by Crippen LogP contribution is -1.97. The van der Waals surface area contributed by atoms with Crippen molar-refractivity contribution in [2.75, 3.05) is 0 Å². The van der Waals surface area contributed by atoms with E-state index >= 15 is 0 Å². The van der Waals surface area contributed by atoms with Crippen LogP contribution in [0.25, 0.3) is 27.5 Å². The molecule has 0 fully saturated rings. The molecule has 22 heavy (non-hydrogen) atoms. The average Bonchev–Trinajstić information content (AvgIpc) is 2.87. The van der Waals surface area contributed by atoms with E-state index in [1.807, 2.05) is 53.1 Å². The van der Waals surface area contributed by atoms with Crippen molar-refractivity contribution in [3.05, 3.63) is 77.3 Å². The monoisotopic (exact) mass is 313 g/mol. The van der Waals surface area contributed by atoms with Gasteiger partial charge in [0.05, 0.1) is 21.7 Å². The molecular weight excluding hydrogens is 304 g/mol. The summed E-state index contributed by atoms with van der Waals surface area (Å²) in [6, 6.07) is 18.3. The maximum Gasteiger partial charge on any atom is 0.177 e. The molecule has 0 radical (unpaired) electrons. The number of hydrogen-bond acceptors (Lipinski definition) is 0. The summed E-state index contributed by atoms with van der Waals surface area (Å²) >= 11 is 5.81. The molecule has 0 saturated heterocycles. The van der Waals surface area contributed by atoms with Gasteiger partial charge in [0.1, 0.15) is 0 Å². The van der Waals surface area contributed by atoms with Gasteiger partial charge in [-0.25, -0.2) is 8.78 Å². The van der Waals surface area contributed by atoms with Gasteiger partial charge in [-0.05, 0) is 18.2 Å². The molecule has 108 valence electrons. The lowest BCUT2D eigenvalue weighted by atomic mass is 10.2. The van der Waals surface area contributed by atoms with E-state index in [2.05, 4.69) is 0 Å². The summed E-state index contributed by atoms with van der Waals surface area (Å²) in [7, 11) is 0. The minimum atomic E-state index is -1.02. The first kappa shape index (κ1) is 13.3. The predicted octanol–water partition coefficient (Wildman–Crippen LogP) is 5.72. The van der Waals surface area contributed by atoms with Crippen LogP contribution in [0.15, 0.2) is 60.7 Å². The number of benzene rings is 3. The van der Waals surface area contributed by atoms with Gasteiger partial charge in [0.2, 0.25) is 0 Å². The van der Waals surface area contributed by atoms with Crippen LogP contribution < -0.4 is 0 Å². The van der Waals surface area contributed by atoms with E-state index in [0.29, 0.717) is 5.69 Å². The minimum Gasteiger partial charge on any atom is -0.309 e. The number of aromatic nitrogens is 1. The summed E-state index contributed by atoms with van der Waals surface area (Å²) in [5, 5.41) is 1.88. The first-order valence-corrected chi connectivity index (χ1v) is 7.18. The Kier molecular flexibility index (Phi) is 2.91. The maximum absolute atomic E-state index is 13.8. The summed E-state index contributed by atoms with van der Waals surface area (Å²) < 4.78 is 29.1. The van der Waals surface area contributed by atoms with Gasteiger partial charge < -0.3 is 4.57 Å². The second-order valence-corrected chi connectivity index (χ2v) is 5.50. The molecule has 4 rings (SSSR count). The topological polar surface area (TPSA) is 4.93 Å². The van der Waals surface area contributed by atoms with Crippen LogP contribution in [0, 0.1) is 11.6 Å². The quantitative estimate of drug-likeness (QED) is 0.396. The molecule has 4 heteroatoms. The van der Waals surface area contributed by atoms with E-state index in [1.165, 1.54) is 12.1 Å². The third-order valence-corrected chi connectivity index (χ3v) is 4.08. The van der Waals surface area contributed by atoms with Crippen molar-refractivity contribution in [2.45, 2.75) is 0 Å². The highest BCUT2D eigenvalue weighted by atomic mass is 35.5. The fourth-order valence-corrected chi connectivity index (χ4v) is 3.07. The molecule has 1 heterocycles. The number of halogens is 3. The van der Waals surface area contributed by atoms with Crippen LogP contribution in [-0.4, -0.2) is 4.57 Å². The molecule has 0 bridgehead atoms. The number of rotatable bonds is 1. The Hall–Kier alpha value is -2.39. The van der Waals surface area contributed by atoms with E-state index in [1.54, 1.807) is 0 Å². The molecule has 1 nitrogen and oxygen atoms in total. The molecule has 0 unspecified atom stereocenters. The predicted molar refractivity (Wildman–Crippen MR) is 85.7 cm³/mol. The summed E-state index contributed by atoms with van der Waals surface area (Å²) in [4.78, 5) is 0. The van der Waals surface area contributed by atoms with Gasteiger partial charge in [0.25, 0.3) is 0 Å². The van der Waals surface area contributed by atoms with E-state index < -0.39 is 11.6 Å². The highest BCUT2D eigenvalue weighted by Crippen LogP contribution is 2.33. The molecular formula is C18H10ClF2N. The summed E-state index contributed by atoms with van der Waals surface area (Å²) in [5.41, 5.74) is 2.35.